The van der Waals surface area contributed by atoms with Crippen molar-refractivity contribution in [2.24, 2.45) is 0 Å². The van der Waals surface area contributed by atoms with Crippen LogP contribution in [0.2, 0.25) is 0 Å². The number of carbonyl (C=O) groups excluding carboxylic acids is 1. The Labute approximate surface area is 132 Å². The Morgan fingerprint density at radius 1 is 1.36 bits per heavy atom. The van der Waals surface area contributed by atoms with Gasteiger partial charge in [-0.3, -0.25) is 4.79 Å². The molecule has 1 atom stereocenters. The Balaban J connectivity index is 2.07. The lowest BCUT2D eigenvalue weighted by Gasteiger charge is -2.14. The first-order valence-corrected chi connectivity index (χ1v) is 8.09. The summed E-state index contributed by atoms with van der Waals surface area (Å²) in [5.41, 5.74) is 0.902. The van der Waals surface area contributed by atoms with Gasteiger partial charge in [-0.05, 0) is 6.26 Å². The van der Waals surface area contributed by atoms with Gasteiger partial charge in [-0.15, -0.1) is 0 Å². The van der Waals surface area contributed by atoms with E-state index in [0.717, 1.165) is 5.56 Å². The van der Waals surface area contributed by atoms with Crippen LogP contribution in [0.4, 0.5) is 0 Å². The normalized spacial score (nSPS) is 11.9. The summed E-state index contributed by atoms with van der Waals surface area (Å²) in [6.07, 6.45) is 5.11. The number of carboxylic acids is 1. The minimum absolute atomic E-state index is 0.0301. The van der Waals surface area contributed by atoms with Crippen molar-refractivity contribution in [3.8, 4) is 11.4 Å². The monoisotopic (exact) mass is 319 g/mol. The fourth-order valence-corrected chi connectivity index (χ4v) is 2.58. The fraction of sp³-hybridized carbons (Fsp3) is 0.267. The van der Waals surface area contributed by atoms with Crippen LogP contribution in [0.3, 0.4) is 0 Å². The number of thioether (sulfide) groups is 1. The molecular formula is C15H17N3O3S. The molecule has 2 aromatic rings. The van der Waals surface area contributed by atoms with E-state index in [-0.39, 0.29) is 12.5 Å². The number of amides is 1. The number of carbonyl (C=O) groups is 2. The quantitative estimate of drug-likeness (QED) is 0.807. The molecule has 0 aliphatic heterocycles. The van der Waals surface area contributed by atoms with Crippen molar-refractivity contribution in [2.75, 3.05) is 12.0 Å². The summed E-state index contributed by atoms with van der Waals surface area (Å²) in [5.74, 6) is -0.378. The molecule has 1 amide bonds. The van der Waals surface area contributed by atoms with E-state index in [0.29, 0.717) is 11.6 Å². The third kappa shape index (κ3) is 4.11. The molecule has 0 radical (unpaired) electrons. The van der Waals surface area contributed by atoms with Crippen molar-refractivity contribution >= 4 is 23.6 Å². The zero-order valence-electron chi connectivity index (χ0n) is 12.1. The second kappa shape index (κ2) is 7.65. The summed E-state index contributed by atoms with van der Waals surface area (Å²) in [5, 5.41) is 11.6. The number of nitrogens with zero attached hydrogens (tertiary/aromatic N) is 2. The van der Waals surface area contributed by atoms with Gasteiger partial charge in [0.25, 0.3) is 0 Å². The van der Waals surface area contributed by atoms with E-state index >= 15 is 0 Å². The molecule has 2 N–H and O–H groups in total. The number of imidazole rings is 1. The third-order valence-corrected chi connectivity index (χ3v) is 3.69. The predicted molar refractivity (Wildman–Crippen MR) is 85.6 cm³/mol. The minimum Gasteiger partial charge on any atom is -0.480 e. The first-order valence-electron chi connectivity index (χ1n) is 6.69. The first kappa shape index (κ1) is 16.1. The van der Waals surface area contributed by atoms with Gasteiger partial charge in [0.1, 0.15) is 18.4 Å². The van der Waals surface area contributed by atoms with Crippen molar-refractivity contribution in [3.63, 3.8) is 0 Å². The summed E-state index contributed by atoms with van der Waals surface area (Å²) in [4.78, 5) is 27.4. The van der Waals surface area contributed by atoms with Crippen LogP contribution in [-0.2, 0) is 16.1 Å². The van der Waals surface area contributed by atoms with Crippen LogP contribution in [-0.4, -0.2) is 44.6 Å². The van der Waals surface area contributed by atoms with E-state index in [1.165, 1.54) is 11.8 Å². The molecule has 7 heteroatoms. The van der Waals surface area contributed by atoms with Crippen LogP contribution in [0.25, 0.3) is 11.4 Å². The lowest BCUT2D eigenvalue weighted by Crippen LogP contribution is -2.43. The molecule has 0 aliphatic carbocycles. The number of nitrogens with one attached hydrogen (secondary N) is 1. The Morgan fingerprint density at radius 2 is 2.09 bits per heavy atom. The molecule has 0 unspecified atom stereocenters. The number of rotatable bonds is 7. The summed E-state index contributed by atoms with van der Waals surface area (Å²) >= 11 is 1.37. The molecule has 0 saturated heterocycles. The highest BCUT2D eigenvalue weighted by molar-refractivity contribution is 7.98. The lowest BCUT2D eigenvalue weighted by molar-refractivity contribution is -0.141. The number of carboxylic acid groups (broad SMARTS) is 1. The van der Waals surface area contributed by atoms with E-state index < -0.39 is 12.0 Å². The number of benzene rings is 1. The van der Waals surface area contributed by atoms with Gasteiger partial charge in [-0.1, -0.05) is 30.3 Å². The smallest absolute Gasteiger partial charge is 0.327 e. The van der Waals surface area contributed by atoms with Gasteiger partial charge in [0.15, 0.2) is 0 Å². The third-order valence-electron chi connectivity index (χ3n) is 3.03. The Morgan fingerprint density at radius 3 is 2.73 bits per heavy atom. The van der Waals surface area contributed by atoms with Gasteiger partial charge in [0.2, 0.25) is 5.91 Å². The molecule has 6 nitrogen and oxygen atoms in total. The van der Waals surface area contributed by atoms with Gasteiger partial charge < -0.3 is 15.0 Å². The molecule has 0 spiro atoms. The molecule has 1 heterocycles. The van der Waals surface area contributed by atoms with Crippen LogP contribution in [0.15, 0.2) is 42.7 Å². The van der Waals surface area contributed by atoms with Crippen LogP contribution in [0.5, 0.6) is 0 Å². The Hall–Kier alpha value is -2.28. The summed E-state index contributed by atoms with van der Waals surface area (Å²) < 4.78 is 1.70. The first-order chi connectivity index (χ1) is 10.6. The SMILES string of the molecule is CSC[C@H](NC(=O)Cn1ccnc1-c1ccccc1)C(=O)O. The minimum atomic E-state index is -1.03. The second-order valence-corrected chi connectivity index (χ2v) is 5.57. The van der Waals surface area contributed by atoms with Gasteiger partial charge in [0, 0.05) is 23.7 Å². The highest BCUT2D eigenvalue weighted by Crippen LogP contribution is 2.16. The van der Waals surface area contributed by atoms with E-state index in [1.807, 2.05) is 30.3 Å². The Bertz CT molecular complexity index is 642. The van der Waals surface area contributed by atoms with Crippen molar-refractivity contribution in [1.29, 1.82) is 0 Å². The van der Waals surface area contributed by atoms with Gasteiger partial charge in [-0.2, -0.15) is 11.8 Å². The Kier molecular flexibility index (Phi) is 5.60. The van der Waals surface area contributed by atoms with Crippen LogP contribution in [0, 0.1) is 0 Å². The van der Waals surface area contributed by atoms with E-state index in [4.69, 9.17) is 5.11 Å². The molecule has 0 fully saturated rings. The number of hydrogen-bond acceptors (Lipinski definition) is 4. The summed E-state index contributed by atoms with van der Waals surface area (Å²) in [6, 6.07) is 8.63. The molecule has 0 aliphatic rings. The topological polar surface area (TPSA) is 84.2 Å². The molecule has 22 heavy (non-hydrogen) atoms. The summed E-state index contributed by atoms with van der Waals surface area (Å²) in [7, 11) is 0. The van der Waals surface area contributed by atoms with Crippen molar-refractivity contribution < 1.29 is 14.7 Å². The molecule has 1 aromatic heterocycles. The van der Waals surface area contributed by atoms with Crippen molar-refractivity contribution in [2.45, 2.75) is 12.6 Å². The van der Waals surface area contributed by atoms with Gasteiger partial charge in [0.05, 0.1) is 0 Å². The maximum atomic E-state index is 12.1. The molecule has 2 rings (SSSR count). The number of aromatic nitrogens is 2. The number of aliphatic carboxylic acids is 1. The van der Waals surface area contributed by atoms with E-state index in [2.05, 4.69) is 10.3 Å². The fourth-order valence-electron chi connectivity index (χ4n) is 2.02. The van der Waals surface area contributed by atoms with Crippen molar-refractivity contribution in [1.82, 2.24) is 14.9 Å². The molecule has 0 bridgehead atoms. The largest absolute Gasteiger partial charge is 0.480 e. The van der Waals surface area contributed by atoms with Crippen LogP contribution in [0.1, 0.15) is 0 Å². The average molecular weight is 319 g/mol. The molecule has 0 saturated carbocycles. The van der Waals surface area contributed by atoms with Gasteiger partial charge in [-0.25, -0.2) is 9.78 Å². The summed E-state index contributed by atoms with van der Waals surface area (Å²) in [6.45, 7) is 0.0301. The van der Waals surface area contributed by atoms with Gasteiger partial charge >= 0.3 is 5.97 Å². The van der Waals surface area contributed by atoms with Crippen molar-refractivity contribution in [3.05, 3.63) is 42.7 Å². The second-order valence-electron chi connectivity index (χ2n) is 4.66. The standard InChI is InChI=1S/C15H17N3O3S/c1-22-10-12(15(20)21)17-13(19)9-18-8-7-16-14(18)11-5-3-2-4-6-11/h2-8,12H,9-10H2,1H3,(H,17,19)(H,20,21)/t12-/m0/s1. The zero-order valence-corrected chi connectivity index (χ0v) is 12.9. The lowest BCUT2D eigenvalue weighted by atomic mass is 10.2. The highest BCUT2D eigenvalue weighted by Gasteiger charge is 2.19. The number of hydrogen-bond donors (Lipinski definition) is 2. The predicted octanol–water partition coefficient (Wildman–Crippen LogP) is 1.48. The maximum Gasteiger partial charge on any atom is 0.327 e. The van der Waals surface area contributed by atoms with E-state index in [9.17, 15) is 9.59 Å². The molecular weight excluding hydrogens is 302 g/mol. The van der Waals surface area contributed by atoms with Crippen LogP contribution < -0.4 is 5.32 Å². The zero-order chi connectivity index (χ0) is 15.9. The maximum absolute atomic E-state index is 12.1. The van der Waals surface area contributed by atoms with E-state index in [1.54, 1.807) is 23.2 Å². The molecule has 1 aromatic carbocycles. The average Bonchev–Trinajstić information content (AvgIpc) is 2.95. The highest BCUT2D eigenvalue weighted by atomic mass is 32.2. The van der Waals surface area contributed by atoms with Crippen LogP contribution >= 0.6 is 11.8 Å². The molecule has 116 valence electrons.